The number of nitrogens with zero attached hydrogens (tertiary/aromatic N) is 9. The van der Waals surface area contributed by atoms with E-state index in [1.165, 1.54) is 49.2 Å². The Kier molecular flexibility index (Phi) is 11.3. The van der Waals surface area contributed by atoms with Gasteiger partial charge in [0, 0.05) is 50.8 Å². The third kappa shape index (κ3) is 8.27. The van der Waals surface area contributed by atoms with Crippen LogP contribution >= 0.6 is 39.1 Å². The number of rotatable bonds is 10. The molecule has 0 spiro atoms. The van der Waals surface area contributed by atoms with Crippen molar-refractivity contribution in [2.45, 2.75) is 46.2 Å². The smallest absolute Gasteiger partial charge is 0.321 e. The summed E-state index contributed by atoms with van der Waals surface area (Å²) in [5.74, 6) is 2.85. The molecule has 17 heteroatoms. The summed E-state index contributed by atoms with van der Waals surface area (Å²) in [7, 11) is 1.61. The number of fused-ring (bicyclic) bond motifs is 2. The molecule has 2 fully saturated rings. The lowest BCUT2D eigenvalue weighted by Crippen LogP contribution is -2.42. The summed E-state index contributed by atoms with van der Waals surface area (Å²) >= 11 is 14.7. The molecule has 12 nitrogen and oxygen atoms in total. The Bertz CT molecular complexity index is 1930. The first-order valence-corrected chi connectivity index (χ1v) is 17.6. The minimum atomic E-state index is -0.489. The number of halogens is 5. The molecule has 1 aliphatic heterocycles. The zero-order valence-electron chi connectivity index (χ0n) is 27.4. The molecule has 7 rings (SSSR count). The van der Waals surface area contributed by atoms with E-state index in [-0.39, 0.29) is 10.0 Å². The summed E-state index contributed by atoms with van der Waals surface area (Å²) in [4.78, 5) is 11.1. The van der Waals surface area contributed by atoms with Crippen molar-refractivity contribution in [2.24, 2.45) is 17.8 Å². The maximum Gasteiger partial charge on any atom is 0.321 e. The average molecular weight is 794 g/mol. The first-order valence-electron chi connectivity index (χ1n) is 16.1. The Morgan fingerprint density at radius 3 is 1.98 bits per heavy atom. The highest BCUT2D eigenvalue weighted by Crippen LogP contribution is 2.44. The quantitative estimate of drug-likeness (QED) is 0.138. The minimum Gasteiger partial charge on any atom is -0.480 e. The summed E-state index contributed by atoms with van der Waals surface area (Å²) in [5.41, 5.74) is 1.05. The van der Waals surface area contributed by atoms with Crippen LogP contribution in [0.4, 0.5) is 14.5 Å². The zero-order valence-corrected chi connectivity index (χ0v) is 30.5. The highest BCUT2D eigenvalue weighted by Gasteiger charge is 2.42. The Morgan fingerprint density at radius 1 is 0.840 bits per heavy atom. The summed E-state index contributed by atoms with van der Waals surface area (Å²) < 4.78 is 46.7. The molecule has 1 saturated carbocycles. The lowest BCUT2D eigenvalue weighted by atomic mass is 9.82. The topological polar surface area (TPSA) is 118 Å². The van der Waals surface area contributed by atoms with Gasteiger partial charge in [0.25, 0.3) is 0 Å². The Morgan fingerprint density at radius 2 is 1.42 bits per heavy atom. The number of ether oxygens (including phenoxy) is 3. The van der Waals surface area contributed by atoms with Gasteiger partial charge in [-0.15, -0.1) is 10.2 Å². The van der Waals surface area contributed by atoms with Crippen molar-refractivity contribution in [3.05, 3.63) is 80.9 Å². The molecule has 2 aromatic carbocycles. The van der Waals surface area contributed by atoms with E-state index < -0.39 is 11.6 Å². The van der Waals surface area contributed by atoms with Crippen LogP contribution in [0.25, 0.3) is 0 Å². The monoisotopic (exact) mass is 791 g/mol. The fourth-order valence-electron chi connectivity index (χ4n) is 6.32. The van der Waals surface area contributed by atoms with E-state index in [0.29, 0.717) is 65.0 Å². The van der Waals surface area contributed by atoms with Gasteiger partial charge in [-0.25, -0.2) is 18.1 Å². The molecule has 2 bridgehead atoms. The van der Waals surface area contributed by atoms with Gasteiger partial charge in [0.15, 0.2) is 5.82 Å². The number of methoxy groups -OCH3 is 1. The number of benzene rings is 2. The van der Waals surface area contributed by atoms with Crippen molar-refractivity contribution in [2.75, 3.05) is 25.1 Å². The van der Waals surface area contributed by atoms with Crippen LogP contribution < -0.4 is 19.1 Å². The van der Waals surface area contributed by atoms with Crippen LogP contribution in [-0.2, 0) is 19.5 Å². The standard InChI is InChI=1S/C23H26ClFN6O2.C10H8BrClFN3O/c1-3-31-23(33-17-6-7-20(25)19(24)9-17)27-21(29-31)10-18-14-4-5-15(18)13-30(12-14)16-8-22(32-2)28-26-11-16;1-2-16-10(14-9(11)15-16)17-6-3-4-8(13)7(12)5-6/h6-9,11,14-15,18H,3-5,10,12-13H2,1-2H3;3-5H,2H2,1H3/t14-,15+,18?;. The molecule has 3 aromatic heterocycles. The highest BCUT2D eigenvalue weighted by molar-refractivity contribution is 9.10. The van der Waals surface area contributed by atoms with Crippen molar-refractivity contribution in [3.63, 3.8) is 0 Å². The first kappa shape index (κ1) is 35.7. The predicted molar refractivity (Wildman–Crippen MR) is 186 cm³/mol. The molecule has 0 N–H and O–H groups in total. The fraction of sp³-hybridized carbons (Fsp3) is 0.394. The van der Waals surface area contributed by atoms with Gasteiger partial charge in [0.1, 0.15) is 23.1 Å². The van der Waals surface area contributed by atoms with Crippen LogP contribution in [0.15, 0.2) is 53.4 Å². The molecular formula is C33H34BrCl2F2N9O3. The molecule has 2 aliphatic rings. The molecule has 264 valence electrons. The number of hydrogen-bond donors (Lipinski definition) is 0. The minimum absolute atomic E-state index is 0.00382. The zero-order chi connectivity index (χ0) is 35.4. The Labute approximate surface area is 305 Å². The van der Waals surface area contributed by atoms with Gasteiger partial charge in [-0.1, -0.05) is 23.2 Å². The van der Waals surface area contributed by atoms with Gasteiger partial charge >= 0.3 is 12.0 Å². The van der Waals surface area contributed by atoms with E-state index in [2.05, 4.69) is 51.2 Å². The maximum absolute atomic E-state index is 13.5. The van der Waals surface area contributed by atoms with Crippen molar-refractivity contribution in [1.82, 2.24) is 39.7 Å². The molecule has 0 amide bonds. The van der Waals surface area contributed by atoms with E-state index in [1.54, 1.807) is 22.7 Å². The van der Waals surface area contributed by atoms with Crippen molar-refractivity contribution in [1.29, 1.82) is 0 Å². The van der Waals surface area contributed by atoms with Gasteiger partial charge in [-0.05, 0) is 84.6 Å². The third-order valence-corrected chi connectivity index (χ3v) is 9.65. The van der Waals surface area contributed by atoms with E-state index in [0.717, 1.165) is 31.0 Å². The van der Waals surface area contributed by atoms with Crippen molar-refractivity contribution < 1.29 is 23.0 Å². The average Bonchev–Trinajstić information content (AvgIpc) is 3.74. The van der Waals surface area contributed by atoms with E-state index in [1.807, 2.05) is 19.9 Å². The van der Waals surface area contributed by atoms with Gasteiger partial charge in [-0.2, -0.15) is 20.2 Å². The number of hydrogen-bond acceptors (Lipinski definition) is 10. The molecule has 5 aromatic rings. The second kappa shape index (κ2) is 15.9. The molecule has 1 saturated heterocycles. The summed E-state index contributed by atoms with van der Waals surface area (Å²) in [6, 6.07) is 11.0. The fourth-order valence-corrected chi connectivity index (χ4v) is 7.00. The van der Waals surface area contributed by atoms with Crippen molar-refractivity contribution >= 4 is 44.8 Å². The van der Waals surface area contributed by atoms with Crippen LogP contribution in [0.1, 0.15) is 32.5 Å². The number of piperidine rings is 1. The summed E-state index contributed by atoms with van der Waals surface area (Å²) in [6.07, 6.45) is 5.02. The SMILES string of the molecule is CCn1nc(Br)nc1Oc1ccc(F)c(Cl)c1.CCn1nc(CC2[C@@H]3CC[C@H]2CN(c2cnnc(OC)c2)C3)nc1Oc1ccc(F)c(Cl)c1. The van der Waals surface area contributed by atoms with Gasteiger partial charge in [0.2, 0.25) is 10.6 Å². The molecule has 0 radical (unpaired) electrons. The Balaban J connectivity index is 0.000000214. The van der Waals surface area contributed by atoms with E-state index in [4.69, 9.17) is 37.4 Å². The van der Waals surface area contributed by atoms with E-state index in [9.17, 15) is 8.78 Å². The van der Waals surface area contributed by atoms with Gasteiger partial charge in [0.05, 0.1) is 29.0 Å². The third-order valence-electron chi connectivity index (χ3n) is 8.73. The predicted octanol–water partition coefficient (Wildman–Crippen LogP) is 8.03. The van der Waals surface area contributed by atoms with Crippen LogP contribution in [-0.4, -0.2) is 59.9 Å². The number of anilines is 1. The lowest BCUT2D eigenvalue weighted by molar-refractivity contribution is 0.265. The largest absolute Gasteiger partial charge is 0.480 e. The molecule has 1 aliphatic carbocycles. The molecule has 3 atom stereocenters. The first-order chi connectivity index (χ1) is 24.1. The second-order valence-corrected chi connectivity index (χ2v) is 13.3. The lowest BCUT2D eigenvalue weighted by Gasteiger charge is -2.38. The van der Waals surface area contributed by atoms with Crippen molar-refractivity contribution in [3.8, 4) is 29.4 Å². The van der Waals surface area contributed by atoms with Crippen LogP contribution in [0, 0.1) is 29.4 Å². The maximum atomic E-state index is 13.5. The molecule has 1 unspecified atom stereocenters. The Hall–Kier alpha value is -4.08. The molecule has 50 heavy (non-hydrogen) atoms. The number of aryl methyl sites for hydroxylation is 2. The molecular weight excluding hydrogens is 759 g/mol. The second-order valence-electron chi connectivity index (χ2n) is 11.8. The van der Waals surface area contributed by atoms with E-state index >= 15 is 0 Å². The van der Waals surface area contributed by atoms with Gasteiger partial charge in [-0.3, -0.25) is 0 Å². The molecule has 4 heterocycles. The normalized spacial score (nSPS) is 18.1. The highest BCUT2D eigenvalue weighted by atomic mass is 79.9. The van der Waals surface area contributed by atoms with Crippen LogP contribution in [0.5, 0.6) is 29.4 Å². The summed E-state index contributed by atoms with van der Waals surface area (Å²) in [5, 5.41) is 16.8. The summed E-state index contributed by atoms with van der Waals surface area (Å²) in [6.45, 7) is 7.08. The number of aromatic nitrogens is 8. The van der Waals surface area contributed by atoms with Crippen LogP contribution in [0.2, 0.25) is 10.0 Å². The van der Waals surface area contributed by atoms with Crippen LogP contribution in [0.3, 0.4) is 0 Å². The van der Waals surface area contributed by atoms with Gasteiger partial charge < -0.3 is 19.1 Å².